The zero-order valence-electron chi connectivity index (χ0n) is 10.4. The average Bonchev–Trinajstić information content (AvgIpc) is 3.02. The van der Waals surface area contributed by atoms with Crippen LogP contribution in [-0.2, 0) is 6.54 Å². The number of nitrogens with zero attached hydrogens (tertiary/aromatic N) is 2. The Hall–Kier alpha value is -1.03. The first-order chi connectivity index (χ1) is 9.25. The van der Waals surface area contributed by atoms with Gasteiger partial charge in [-0.3, -0.25) is 4.90 Å². The highest BCUT2D eigenvalue weighted by Gasteiger charge is 2.20. The summed E-state index contributed by atoms with van der Waals surface area (Å²) in [6.45, 7) is 3.09. The van der Waals surface area contributed by atoms with Gasteiger partial charge in [-0.05, 0) is 38.1 Å². The molecule has 1 aliphatic heterocycles. The largest absolute Gasteiger partial charge is 0.364 e. The maximum atomic E-state index is 6.23. The molecule has 1 aromatic carbocycles. The van der Waals surface area contributed by atoms with Crippen molar-refractivity contribution < 1.29 is 4.52 Å². The monoisotopic (exact) mass is 296 g/mol. The number of rotatable bonds is 3. The van der Waals surface area contributed by atoms with Crippen molar-refractivity contribution in [2.75, 3.05) is 13.1 Å². The van der Waals surface area contributed by atoms with Crippen molar-refractivity contribution >= 4 is 23.2 Å². The first-order valence-electron chi connectivity index (χ1n) is 6.35. The third-order valence-electron chi connectivity index (χ3n) is 3.44. The van der Waals surface area contributed by atoms with Crippen molar-refractivity contribution in [2.45, 2.75) is 19.4 Å². The lowest BCUT2D eigenvalue weighted by atomic mass is 10.1. The van der Waals surface area contributed by atoms with Gasteiger partial charge in [0.15, 0.2) is 0 Å². The summed E-state index contributed by atoms with van der Waals surface area (Å²) < 4.78 is 5.13. The Balaban J connectivity index is 1.95. The third-order valence-corrected chi connectivity index (χ3v) is 4.07. The molecule has 0 radical (unpaired) electrons. The minimum Gasteiger partial charge on any atom is -0.364 e. The van der Waals surface area contributed by atoms with Crippen LogP contribution in [0.3, 0.4) is 0 Å². The second-order valence-electron chi connectivity index (χ2n) is 4.77. The molecular weight excluding hydrogens is 283 g/mol. The summed E-state index contributed by atoms with van der Waals surface area (Å²) >= 11 is 12.5. The Labute approximate surface area is 122 Å². The van der Waals surface area contributed by atoms with E-state index in [9.17, 15) is 0 Å². The van der Waals surface area contributed by atoms with Gasteiger partial charge < -0.3 is 4.52 Å². The molecule has 0 N–H and O–H groups in total. The molecule has 1 fully saturated rings. The molecule has 0 bridgehead atoms. The molecule has 0 amide bonds. The standard InChI is InChI=1S/C14H14Cl2N2O/c15-11-4-3-5-12(16)13(11)14-10(9-19-17-14)8-18-6-1-2-7-18/h3-5,9H,1-2,6-8H2. The zero-order valence-corrected chi connectivity index (χ0v) is 11.9. The van der Waals surface area contributed by atoms with Gasteiger partial charge in [0.1, 0.15) is 12.0 Å². The predicted octanol–water partition coefficient (Wildman–Crippen LogP) is 4.24. The van der Waals surface area contributed by atoms with E-state index in [4.69, 9.17) is 27.7 Å². The van der Waals surface area contributed by atoms with Gasteiger partial charge in [-0.25, -0.2) is 0 Å². The fourth-order valence-corrected chi connectivity index (χ4v) is 3.06. The third kappa shape index (κ3) is 2.64. The normalized spacial score (nSPS) is 16.1. The minimum atomic E-state index is 0.601. The van der Waals surface area contributed by atoms with Gasteiger partial charge in [0.25, 0.3) is 0 Å². The topological polar surface area (TPSA) is 29.3 Å². The lowest BCUT2D eigenvalue weighted by Crippen LogP contribution is -2.18. The maximum absolute atomic E-state index is 6.23. The molecule has 0 spiro atoms. The summed E-state index contributed by atoms with van der Waals surface area (Å²) in [5.74, 6) is 0. The Kier molecular flexibility index (Phi) is 3.78. The first-order valence-corrected chi connectivity index (χ1v) is 7.11. The van der Waals surface area contributed by atoms with Gasteiger partial charge in [-0.15, -0.1) is 0 Å². The molecule has 3 nitrogen and oxygen atoms in total. The fourth-order valence-electron chi connectivity index (χ4n) is 2.48. The zero-order chi connectivity index (χ0) is 13.2. The number of likely N-dealkylation sites (tertiary alicyclic amines) is 1. The van der Waals surface area contributed by atoms with Gasteiger partial charge in [-0.1, -0.05) is 34.4 Å². The predicted molar refractivity (Wildman–Crippen MR) is 76.5 cm³/mol. The molecule has 2 aromatic rings. The minimum absolute atomic E-state index is 0.601. The Morgan fingerprint density at radius 1 is 1.16 bits per heavy atom. The van der Waals surface area contributed by atoms with Gasteiger partial charge in [-0.2, -0.15) is 0 Å². The SMILES string of the molecule is Clc1cccc(Cl)c1-c1nocc1CN1CCCC1. The molecule has 1 aliphatic rings. The van der Waals surface area contributed by atoms with Crippen LogP contribution in [0.1, 0.15) is 18.4 Å². The van der Waals surface area contributed by atoms with Gasteiger partial charge in [0, 0.05) is 17.7 Å². The van der Waals surface area contributed by atoms with Gasteiger partial charge >= 0.3 is 0 Å². The number of halogens is 2. The van der Waals surface area contributed by atoms with E-state index < -0.39 is 0 Å². The molecule has 19 heavy (non-hydrogen) atoms. The quantitative estimate of drug-likeness (QED) is 0.848. The molecule has 0 saturated carbocycles. The molecule has 3 rings (SSSR count). The van der Waals surface area contributed by atoms with E-state index in [1.54, 1.807) is 6.26 Å². The van der Waals surface area contributed by atoms with Crippen LogP contribution in [-0.4, -0.2) is 23.1 Å². The van der Waals surface area contributed by atoms with Crippen LogP contribution in [0.4, 0.5) is 0 Å². The number of aromatic nitrogens is 1. The van der Waals surface area contributed by atoms with E-state index in [1.807, 2.05) is 18.2 Å². The van der Waals surface area contributed by atoms with Crippen LogP contribution in [0.25, 0.3) is 11.3 Å². The number of benzene rings is 1. The van der Waals surface area contributed by atoms with E-state index in [-0.39, 0.29) is 0 Å². The molecule has 0 aliphatic carbocycles. The Bertz CT molecular complexity index is 556. The molecule has 0 atom stereocenters. The van der Waals surface area contributed by atoms with Crippen LogP contribution in [0, 0.1) is 0 Å². The van der Waals surface area contributed by atoms with E-state index in [2.05, 4.69) is 10.1 Å². The van der Waals surface area contributed by atoms with Crippen molar-refractivity contribution in [3.63, 3.8) is 0 Å². The van der Waals surface area contributed by atoms with Crippen LogP contribution in [0.5, 0.6) is 0 Å². The average molecular weight is 297 g/mol. The summed E-state index contributed by atoms with van der Waals surface area (Å²) in [7, 11) is 0. The lowest BCUT2D eigenvalue weighted by molar-refractivity contribution is 0.329. The summed E-state index contributed by atoms with van der Waals surface area (Å²) in [6.07, 6.45) is 4.20. The summed E-state index contributed by atoms with van der Waals surface area (Å²) in [6, 6.07) is 5.46. The highest BCUT2D eigenvalue weighted by atomic mass is 35.5. The maximum Gasteiger partial charge on any atom is 0.128 e. The molecule has 0 unspecified atom stereocenters. The fraction of sp³-hybridized carbons (Fsp3) is 0.357. The summed E-state index contributed by atoms with van der Waals surface area (Å²) in [4.78, 5) is 2.39. The van der Waals surface area contributed by atoms with Crippen LogP contribution >= 0.6 is 23.2 Å². The molecule has 1 saturated heterocycles. The second-order valence-corrected chi connectivity index (χ2v) is 5.58. The van der Waals surface area contributed by atoms with Gasteiger partial charge in [0.05, 0.1) is 10.0 Å². The van der Waals surface area contributed by atoms with E-state index in [0.717, 1.165) is 36.5 Å². The molecule has 5 heteroatoms. The first kappa shape index (κ1) is 13.0. The van der Waals surface area contributed by atoms with Crippen LogP contribution < -0.4 is 0 Å². The number of hydrogen-bond donors (Lipinski definition) is 0. The van der Waals surface area contributed by atoms with E-state index in [1.165, 1.54) is 12.8 Å². The Morgan fingerprint density at radius 2 is 1.84 bits per heavy atom. The van der Waals surface area contributed by atoms with Gasteiger partial charge in [0.2, 0.25) is 0 Å². The number of hydrogen-bond acceptors (Lipinski definition) is 3. The van der Waals surface area contributed by atoms with Crippen LogP contribution in [0.15, 0.2) is 29.0 Å². The molecular formula is C14H14Cl2N2O. The molecule has 100 valence electrons. The Morgan fingerprint density at radius 3 is 2.53 bits per heavy atom. The van der Waals surface area contributed by atoms with Crippen molar-refractivity contribution in [2.24, 2.45) is 0 Å². The molecule has 2 heterocycles. The summed E-state index contributed by atoms with van der Waals surface area (Å²) in [5.41, 5.74) is 2.55. The van der Waals surface area contributed by atoms with E-state index >= 15 is 0 Å². The van der Waals surface area contributed by atoms with Crippen LogP contribution in [0.2, 0.25) is 10.0 Å². The smallest absolute Gasteiger partial charge is 0.128 e. The highest BCUT2D eigenvalue weighted by molar-refractivity contribution is 6.39. The lowest BCUT2D eigenvalue weighted by Gasteiger charge is -2.14. The van der Waals surface area contributed by atoms with Crippen molar-refractivity contribution in [1.82, 2.24) is 10.1 Å². The van der Waals surface area contributed by atoms with Crippen molar-refractivity contribution in [3.8, 4) is 11.3 Å². The summed E-state index contributed by atoms with van der Waals surface area (Å²) in [5, 5.41) is 5.28. The van der Waals surface area contributed by atoms with E-state index in [0.29, 0.717) is 10.0 Å². The van der Waals surface area contributed by atoms with Crippen molar-refractivity contribution in [1.29, 1.82) is 0 Å². The van der Waals surface area contributed by atoms with Crippen molar-refractivity contribution in [3.05, 3.63) is 40.1 Å². The second kappa shape index (κ2) is 5.53. The highest BCUT2D eigenvalue weighted by Crippen LogP contribution is 2.36. The molecule has 1 aromatic heterocycles.